The van der Waals surface area contributed by atoms with Gasteiger partial charge < -0.3 is 10.6 Å². The molecule has 0 aliphatic carbocycles. The lowest BCUT2D eigenvalue weighted by Crippen LogP contribution is -2.51. The highest BCUT2D eigenvalue weighted by atomic mass is 35.5. The van der Waals surface area contributed by atoms with E-state index >= 15 is 0 Å². The zero-order chi connectivity index (χ0) is 17.1. The summed E-state index contributed by atoms with van der Waals surface area (Å²) in [6.07, 6.45) is 1.96. The molecule has 1 aliphatic rings. The molecule has 7 nitrogen and oxygen atoms in total. The third kappa shape index (κ3) is 4.16. The van der Waals surface area contributed by atoms with Crippen LogP contribution in [0.3, 0.4) is 0 Å². The van der Waals surface area contributed by atoms with Crippen LogP contribution in [0.4, 0.5) is 0 Å². The van der Waals surface area contributed by atoms with Gasteiger partial charge in [0, 0.05) is 24.7 Å². The number of aromatic nitrogens is 4. The summed E-state index contributed by atoms with van der Waals surface area (Å²) in [7, 11) is 0. The summed E-state index contributed by atoms with van der Waals surface area (Å²) in [6, 6.07) is 9.23. The van der Waals surface area contributed by atoms with Gasteiger partial charge in [0.15, 0.2) is 0 Å². The number of hydrogen-bond acceptors (Lipinski definition) is 5. The maximum absolute atomic E-state index is 12.9. The zero-order valence-electron chi connectivity index (χ0n) is 14.6. The SMILES string of the molecule is CC1CCN(C(=O)C(C)n2nnc(-c3ccccc3)n2)C(CN)C1.Cl. The number of piperidine rings is 1. The van der Waals surface area contributed by atoms with Crippen LogP contribution in [-0.4, -0.2) is 50.1 Å². The summed E-state index contributed by atoms with van der Waals surface area (Å²) >= 11 is 0. The van der Waals surface area contributed by atoms with Crippen LogP contribution in [-0.2, 0) is 4.79 Å². The van der Waals surface area contributed by atoms with Crippen molar-refractivity contribution in [2.75, 3.05) is 13.1 Å². The second kappa shape index (κ2) is 8.40. The van der Waals surface area contributed by atoms with E-state index in [2.05, 4.69) is 22.3 Å². The predicted molar refractivity (Wildman–Crippen MR) is 98.2 cm³/mol. The number of carbonyl (C=O) groups excluding carboxylic acids is 1. The second-order valence-corrected chi connectivity index (χ2v) is 6.53. The number of nitrogens with two attached hydrogens (primary N) is 1. The first-order valence-corrected chi connectivity index (χ1v) is 8.45. The van der Waals surface area contributed by atoms with Crippen molar-refractivity contribution in [3.63, 3.8) is 0 Å². The van der Waals surface area contributed by atoms with Crippen LogP contribution >= 0.6 is 12.4 Å². The number of carbonyl (C=O) groups is 1. The molecule has 25 heavy (non-hydrogen) atoms. The summed E-state index contributed by atoms with van der Waals surface area (Å²) in [5.74, 6) is 1.14. The maximum Gasteiger partial charge on any atom is 0.249 e. The van der Waals surface area contributed by atoms with Gasteiger partial charge in [-0.05, 0) is 30.9 Å². The van der Waals surface area contributed by atoms with Gasteiger partial charge in [0.05, 0.1) is 0 Å². The van der Waals surface area contributed by atoms with Crippen LogP contribution in [0.25, 0.3) is 11.4 Å². The number of amides is 1. The summed E-state index contributed by atoms with van der Waals surface area (Å²) < 4.78 is 0. The average molecular weight is 365 g/mol. The molecular weight excluding hydrogens is 340 g/mol. The van der Waals surface area contributed by atoms with E-state index in [9.17, 15) is 4.79 Å². The Balaban J connectivity index is 0.00000225. The minimum atomic E-state index is -0.489. The van der Waals surface area contributed by atoms with Gasteiger partial charge in [-0.2, -0.15) is 4.80 Å². The molecule has 0 spiro atoms. The summed E-state index contributed by atoms with van der Waals surface area (Å²) in [4.78, 5) is 16.1. The van der Waals surface area contributed by atoms with Gasteiger partial charge in [-0.1, -0.05) is 37.3 Å². The van der Waals surface area contributed by atoms with Gasteiger partial charge in [0.1, 0.15) is 6.04 Å². The molecule has 0 saturated carbocycles. The molecule has 0 radical (unpaired) electrons. The normalized spacial score (nSPS) is 21.5. The van der Waals surface area contributed by atoms with Crippen molar-refractivity contribution in [3.8, 4) is 11.4 Å². The van der Waals surface area contributed by atoms with Gasteiger partial charge in [-0.3, -0.25) is 4.79 Å². The summed E-state index contributed by atoms with van der Waals surface area (Å²) in [6.45, 7) is 5.25. The monoisotopic (exact) mass is 364 g/mol. The van der Waals surface area contributed by atoms with Gasteiger partial charge in [-0.25, -0.2) is 0 Å². The molecular formula is C17H25ClN6O. The van der Waals surface area contributed by atoms with E-state index < -0.39 is 6.04 Å². The number of halogens is 1. The molecule has 136 valence electrons. The van der Waals surface area contributed by atoms with Crippen molar-refractivity contribution in [3.05, 3.63) is 30.3 Å². The number of benzene rings is 1. The Bertz CT molecular complexity index is 691. The molecule has 1 aromatic heterocycles. The average Bonchev–Trinajstić information content (AvgIpc) is 3.11. The Kier molecular flexibility index (Phi) is 6.50. The minimum absolute atomic E-state index is 0. The third-order valence-corrected chi connectivity index (χ3v) is 4.70. The molecule has 3 unspecified atom stereocenters. The number of rotatable bonds is 4. The van der Waals surface area contributed by atoms with Gasteiger partial charge in [-0.15, -0.1) is 22.6 Å². The number of nitrogens with zero attached hydrogens (tertiary/aromatic N) is 5. The maximum atomic E-state index is 12.9. The smallest absolute Gasteiger partial charge is 0.249 e. The van der Waals surface area contributed by atoms with Crippen molar-refractivity contribution in [2.45, 2.75) is 38.8 Å². The minimum Gasteiger partial charge on any atom is -0.337 e. The topological polar surface area (TPSA) is 89.9 Å². The molecule has 3 rings (SSSR count). The standard InChI is InChI=1S/C17H24N6O.ClH/c1-12-8-9-22(15(10-12)11-18)17(24)13(2)23-20-16(19-21-23)14-6-4-3-5-7-14;/h3-7,12-13,15H,8-11,18H2,1-2H3;1H. The van der Waals surface area contributed by atoms with Crippen molar-refractivity contribution in [1.82, 2.24) is 25.1 Å². The van der Waals surface area contributed by atoms with Crippen molar-refractivity contribution < 1.29 is 4.79 Å². The second-order valence-electron chi connectivity index (χ2n) is 6.53. The van der Waals surface area contributed by atoms with Crippen molar-refractivity contribution in [2.24, 2.45) is 11.7 Å². The lowest BCUT2D eigenvalue weighted by atomic mass is 9.92. The van der Waals surface area contributed by atoms with Crippen LogP contribution < -0.4 is 5.73 Å². The van der Waals surface area contributed by atoms with Crippen molar-refractivity contribution >= 4 is 18.3 Å². The Morgan fingerprint density at radius 2 is 2.08 bits per heavy atom. The van der Waals surface area contributed by atoms with Crippen molar-refractivity contribution in [1.29, 1.82) is 0 Å². The van der Waals surface area contributed by atoms with E-state index in [-0.39, 0.29) is 24.4 Å². The predicted octanol–water partition coefficient (Wildman–Crippen LogP) is 1.91. The quantitative estimate of drug-likeness (QED) is 0.894. The molecule has 2 N–H and O–H groups in total. The Morgan fingerprint density at radius 3 is 2.76 bits per heavy atom. The molecule has 3 atom stereocenters. The first-order valence-electron chi connectivity index (χ1n) is 8.45. The molecule has 8 heteroatoms. The van der Waals surface area contributed by atoms with E-state index in [1.54, 1.807) is 0 Å². The van der Waals surface area contributed by atoms with E-state index in [0.717, 1.165) is 24.9 Å². The summed E-state index contributed by atoms with van der Waals surface area (Å²) in [5, 5.41) is 12.5. The summed E-state index contributed by atoms with van der Waals surface area (Å²) in [5.41, 5.74) is 6.75. The van der Waals surface area contributed by atoms with Crippen LogP contribution in [0.1, 0.15) is 32.7 Å². The van der Waals surface area contributed by atoms with Gasteiger partial charge >= 0.3 is 0 Å². The zero-order valence-corrected chi connectivity index (χ0v) is 15.4. The number of tetrazole rings is 1. The van der Waals surface area contributed by atoms with Crippen LogP contribution in [0.15, 0.2) is 30.3 Å². The molecule has 1 fully saturated rings. The first-order chi connectivity index (χ1) is 11.6. The lowest BCUT2D eigenvalue weighted by molar-refractivity contribution is -0.139. The Labute approximate surface area is 154 Å². The van der Waals surface area contributed by atoms with Crippen LogP contribution in [0.2, 0.25) is 0 Å². The highest BCUT2D eigenvalue weighted by Crippen LogP contribution is 2.24. The largest absolute Gasteiger partial charge is 0.337 e. The third-order valence-electron chi connectivity index (χ3n) is 4.70. The van der Waals surface area contributed by atoms with Crippen LogP contribution in [0, 0.1) is 5.92 Å². The highest BCUT2D eigenvalue weighted by molar-refractivity contribution is 5.85. The Morgan fingerprint density at radius 1 is 1.36 bits per heavy atom. The van der Waals surface area contributed by atoms with E-state index in [1.807, 2.05) is 42.2 Å². The molecule has 1 saturated heterocycles. The molecule has 1 aromatic carbocycles. The van der Waals surface area contributed by atoms with E-state index in [4.69, 9.17) is 5.73 Å². The van der Waals surface area contributed by atoms with Crippen LogP contribution in [0.5, 0.6) is 0 Å². The molecule has 2 aromatic rings. The number of likely N-dealkylation sites (tertiary alicyclic amines) is 1. The first kappa shape index (κ1) is 19.3. The molecule has 0 bridgehead atoms. The van der Waals surface area contributed by atoms with E-state index in [1.165, 1.54) is 4.80 Å². The van der Waals surface area contributed by atoms with Gasteiger partial charge in [0.2, 0.25) is 11.7 Å². The van der Waals surface area contributed by atoms with E-state index in [0.29, 0.717) is 18.3 Å². The highest BCUT2D eigenvalue weighted by Gasteiger charge is 2.32. The lowest BCUT2D eigenvalue weighted by Gasteiger charge is -2.39. The fourth-order valence-electron chi connectivity index (χ4n) is 3.20. The fraction of sp³-hybridized carbons (Fsp3) is 0.529. The van der Waals surface area contributed by atoms with Gasteiger partial charge in [0.25, 0.3) is 0 Å². The Hall–Kier alpha value is -1.99. The molecule has 1 aliphatic heterocycles. The molecule has 1 amide bonds. The fourth-order valence-corrected chi connectivity index (χ4v) is 3.20. The number of hydrogen-bond donors (Lipinski definition) is 1. The molecule has 2 heterocycles.